The minimum atomic E-state index is -3.10. The van der Waals surface area contributed by atoms with Crippen molar-refractivity contribution in [3.05, 3.63) is 11.6 Å². The molecule has 1 atom stereocenters. The van der Waals surface area contributed by atoms with Gasteiger partial charge in [-0.15, -0.1) is 10.2 Å². The summed E-state index contributed by atoms with van der Waals surface area (Å²) in [6, 6.07) is 0.286. The van der Waals surface area contributed by atoms with Crippen molar-refractivity contribution in [2.24, 2.45) is 0 Å². The van der Waals surface area contributed by atoms with Crippen molar-refractivity contribution in [3.8, 4) is 0 Å². The summed E-state index contributed by atoms with van der Waals surface area (Å²) in [6.45, 7) is -0.184. The zero-order valence-corrected chi connectivity index (χ0v) is 10.9. The maximum Gasteiger partial charge on any atom is 0.160 e. The van der Waals surface area contributed by atoms with Gasteiger partial charge < -0.3 is 9.67 Å². The van der Waals surface area contributed by atoms with Gasteiger partial charge in [0, 0.05) is 6.04 Å². The van der Waals surface area contributed by atoms with Crippen molar-refractivity contribution < 1.29 is 13.5 Å². The lowest BCUT2D eigenvalue weighted by molar-refractivity contribution is 0.264. The standard InChI is InChI=1S/C11H17N3O3S/c15-7-10-12-13-11(14(10)8-4-5-8)9-3-1-2-6-18(9,16)17/h8-9,15H,1-7H2. The number of aliphatic hydroxyl groups excluding tert-OH is 1. The second-order valence-electron chi connectivity index (χ2n) is 5.09. The average molecular weight is 271 g/mol. The highest BCUT2D eigenvalue weighted by Crippen LogP contribution is 2.41. The number of aliphatic hydroxyl groups is 1. The molecule has 2 fully saturated rings. The molecule has 2 heterocycles. The van der Waals surface area contributed by atoms with E-state index >= 15 is 0 Å². The second-order valence-corrected chi connectivity index (χ2v) is 7.39. The van der Waals surface area contributed by atoms with Crippen LogP contribution in [0.5, 0.6) is 0 Å². The fourth-order valence-corrected chi connectivity index (χ4v) is 4.54. The second kappa shape index (κ2) is 4.31. The molecule has 0 amide bonds. The van der Waals surface area contributed by atoms with E-state index in [1.165, 1.54) is 0 Å². The number of rotatable bonds is 3. The molecule has 2 aliphatic rings. The predicted octanol–water partition coefficient (Wildman–Crippen LogP) is 0.745. The van der Waals surface area contributed by atoms with Gasteiger partial charge in [-0.1, -0.05) is 6.42 Å². The molecule has 1 aliphatic heterocycles. The SMILES string of the molecule is O=S1(=O)CCCCC1c1nnc(CO)n1C1CC1. The Morgan fingerprint density at radius 2 is 2.00 bits per heavy atom. The van der Waals surface area contributed by atoms with Crippen LogP contribution >= 0.6 is 0 Å². The molecule has 0 aromatic carbocycles. The molecule has 3 rings (SSSR count). The molecule has 1 aliphatic carbocycles. The smallest absolute Gasteiger partial charge is 0.160 e. The zero-order chi connectivity index (χ0) is 12.8. The van der Waals surface area contributed by atoms with Crippen LogP contribution in [0.4, 0.5) is 0 Å². The van der Waals surface area contributed by atoms with Gasteiger partial charge in [-0.05, 0) is 25.7 Å². The van der Waals surface area contributed by atoms with Gasteiger partial charge in [0.25, 0.3) is 0 Å². The number of hydrogen-bond acceptors (Lipinski definition) is 5. The van der Waals surface area contributed by atoms with Crippen LogP contribution in [0.25, 0.3) is 0 Å². The highest BCUT2D eigenvalue weighted by atomic mass is 32.2. The third-order valence-electron chi connectivity index (χ3n) is 3.71. The number of aromatic nitrogens is 3. The van der Waals surface area contributed by atoms with E-state index in [4.69, 9.17) is 0 Å². The van der Waals surface area contributed by atoms with Crippen LogP contribution in [0.1, 0.15) is 55.0 Å². The van der Waals surface area contributed by atoms with Crippen LogP contribution < -0.4 is 0 Å². The Bertz CT molecular complexity index is 548. The molecule has 6 nitrogen and oxygen atoms in total. The van der Waals surface area contributed by atoms with Crippen molar-refractivity contribution >= 4 is 9.84 Å². The first-order chi connectivity index (χ1) is 8.63. The molecule has 100 valence electrons. The van der Waals surface area contributed by atoms with Crippen LogP contribution in [0.3, 0.4) is 0 Å². The van der Waals surface area contributed by atoms with Gasteiger partial charge in [-0.3, -0.25) is 0 Å². The molecule has 1 N–H and O–H groups in total. The molecular weight excluding hydrogens is 254 g/mol. The van der Waals surface area contributed by atoms with Gasteiger partial charge in [0.15, 0.2) is 21.5 Å². The maximum absolute atomic E-state index is 12.1. The van der Waals surface area contributed by atoms with Crippen molar-refractivity contribution in [1.29, 1.82) is 0 Å². The van der Waals surface area contributed by atoms with Gasteiger partial charge in [0.1, 0.15) is 11.9 Å². The van der Waals surface area contributed by atoms with Crippen LogP contribution in [0.15, 0.2) is 0 Å². The van der Waals surface area contributed by atoms with E-state index in [0.717, 1.165) is 25.7 Å². The molecule has 0 bridgehead atoms. The Morgan fingerprint density at radius 3 is 2.61 bits per heavy atom. The first-order valence-electron chi connectivity index (χ1n) is 6.39. The summed E-state index contributed by atoms with van der Waals surface area (Å²) in [5.74, 6) is 1.28. The Labute approximate surface area is 106 Å². The van der Waals surface area contributed by atoms with Gasteiger partial charge >= 0.3 is 0 Å². The lowest BCUT2D eigenvalue weighted by Crippen LogP contribution is -2.24. The van der Waals surface area contributed by atoms with E-state index in [-0.39, 0.29) is 18.4 Å². The third-order valence-corrected chi connectivity index (χ3v) is 5.88. The Kier molecular flexibility index (Phi) is 2.90. The minimum absolute atomic E-state index is 0.184. The summed E-state index contributed by atoms with van der Waals surface area (Å²) in [7, 11) is -3.10. The molecule has 1 aromatic rings. The van der Waals surface area contributed by atoms with E-state index in [9.17, 15) is 13.5 Å². The Morgan fingerprint density at radius 1 is 1.22 bits per heavy atom. The Hall–Kier alpha value is -0.950. The van der Waals surface area contributed by atoms with Gasteiger partial charge in [0.2, 0.25) is 0 Å². The summed E-state index contributed by atoms with van der Waals surface area (Å²) < 4.78 is 26.1. The quantitative estimate of drug-likeness (QED) is 0.876. The summed E-state index contributed by atoms with van der Waals surface area (Å²) >= 11 is 0. The molecule has 0 spiro atoms. The molecule has 18 heavy (non-hydrogen) atoms. The lowest BCUT2D eigenvalue weighted by Gasteiger charge is -2.22. The van der Waals surface area contributed by atoms with Crippen molar-refractivity contribution in [2.75, 3.05) is 5.75 Å². The molecule has 1 saturated heterocycles. The first kappa shape index (κ1) is 12.1. The van der Waals surface area contributed by atoms with Crippen molar-refractivity contribution in [1.82, 2.24) is 14.8 Å². The number of nitrogens with zero attached hydrogens (tertiary/aromatic N) is 3. The van der Waals surface area contributed by atoms with Gasteiger partial charge in [-0.25, -0.2) is 8.42 Å². The highest BCUT2D eigenvalue weighted by Gasteiger charge is 2.38. The normalized spacial score (nSPS) is 27.3. The number of sulfone groups is 1. The zero-order valence-electron chi connectivity index (χ0n) is 10.1. The largest absolute Gasteiger partial charge is 0.388 e. The summed E-state index contributed by atoms with van der Waals surface area (Å²) in [5.41, 5.74) is 0. The molecule has 1 aromatic heterocycles. The van der Waals surface area contributed by atoms with Crippen LogP contribution in [-0.4, -0.2) is 34.0 Å². The van der Waals surface area contributed by atoms with Crippen LogP contribution in [0.2, 0.25) is 0 Å². The summed E-state index contributed by atoms with van der Waals surface area (Å²) in [5, 5.41) is 16.7. The number of hydrogen-bond donors (Lipinski definition) is 1. The molecule has 7 heteroatoms. The van der Waals surface area contributed by atoms with Crippen LogP contribution in [-0.2, 0) is 16.4 Å². The van der Waals surface area contributed by atoms with E-state index in [1.807, 2.05) is 4.57 Å². The minimum Gasteiger partial charge on any atom is -0.388 e. The van der Waals surface area contributed by atoms with Gasteiger partial charge in [0.05, 0.1) is 5.75 Å². The third kappa shape index (κ3) is 1.95. The fourth-order valence-electron chi connectivity index (χ4n) is 2.64. The molecular formula is C11H17N3O3S. The first-order valence-corrected chi connectivity index (χ1v) is 8.11. The highest BCUT2D eigenvalue weighted by molar-refractivity contribution is 7.91. The van der Waals surface area contributed by atoms with E-state index in [0.29, 0.717) is 18.1 Å². The van der Waals surface area contributed by atoms with E-state index in [2.05, 4.69) is 10.2 Å². The van der Waals surface area contributed by atoms with Gasteiger partial charge in [-0.2, -0.15) is 0 Å². The van der Waals surface area contributed by atoms with E-state index in [1.54, 1.807) is 0 Å². The summed E-state index contributed by atoms with van der Waals surface area (Å²) in [6.07, 6.45) is 4.31. The Balaban J connectivity index is 2.03. The van der Waals surface area contributed by atoms with E-state index < -0.39 is 15.1 Å². The predicted molar refractivity (Wildman–Crippen MR) is 64.6 cm³/mol. The average Bonchev–Trinajstić information content (AvgIpc) is 3.09. The van der Waals surface area contributed by atoms with Crippen LogP contribution in [0, 0.1) is 0 Å². The maximum atomic E-state index is 12.1. The molecule has 1 saturated carbocycles. The summed E-state index contributed by atoms with van der Waals surface area (Å²) in [4.78, 5) is 0. The topological polar surface area (TPSA) is 85.1 Å². The monoisotopic (exact) mass is 271 g/mol. The van der Waals surface area contributed by atoms with Crippen molar-refractivity contribution in [3.63, 3.8) is 0 Å². The lowest BCUT2D eigenvalue weighted by atomic mass is 10.2. The molecule has 0 radical (unpaired) electrons. The fraction of sp³-hybridized carbons (Fsp3) is 0.818. The van der Waals surface area contributed by atoms with Crippen molar-refractivity contribution in [2.45, 2.75) is 50.0 Å². The molecule has 1 unspecified atom stereocenters.